The summed E-state index contributed by atoms with van der Waals surface area (Å²) in [5.74, 6) is -0.789. The average Bonchev–Trinajstić information content (AvgIpc) is 2.90. The van der Waals surface area contributed by atoms with Gasteiger partial charge in [0.2, 0.25) is 0 Å². The molecule has 0 saturated carbocycles. The van der Waals surface area contributed by atoms with Crippen molar-refractivity contribution < 1.29 is 13.6 Å². The molecule has 4 rings (SSSR count). The lowest BCUT2D eigenvalue weighted by atomic mass is 9.94. The Balaban J connectivity index is 2.01. The number of hydrogen-bond donors (Lipinski definition) is 0. The van der Waals surface area contributed by atoms with Crippen molar-refractivity contribution in [3.8, 4) is 0 Å². The first-order valence-electron chi connectivity index (χ1n) is 7.55. The Hall–Kier alpha value is -3.07. The Morgan fingerprint density at radius 1 is 0.542 bits per heavy atom. The Labute approximate surface area is 137 Å². The van der Waals surface area contributed by atoms with Gasteiger partial charge in [0.1, 0.15) is 11.6 Å². The Morgan fingerprint density at radius 2 is 1.00 bits per heavy atom. The van der Waals surface area contributed by atoms with Crippen LogP contribution < -0.4 is 0 Å². The summed E-state index contributed by atoms with van der Waals surface area (Å²) in [4.78, 5) is 12.9. The molecule has 0 amide bonds. The van der Waals surface area contributed by atoms with Crippen LogP contribution in [0.5, 0.6) is 0 Å². The van der Waals surface area contributed by atoms with Gasteiger partial charge in [0, 0.05) is 16.7 Å². The minimum Gasteiger partial charge on any atom is -0.289 e. The van der Waals surface area contributed by atoms with E-state index in [0.29, 0.717) is 16.7 Å². The van der Waals surface area contributed by atoms with Gasteiger partial charge in [-0.05, 0) is 41.0 Å². The maximum Gasteiger partial charge on any atom is 0.194 e. The van der Waals surface area contributed by atoms with Crippen molar-refractivity contribution in [1.29, 1.82) is 0 Å². The first-order valence-corrected chi connectivity index (χ1v) is 7.55. The second-order valence-electron chi connectivity index (χ2n) is 5.64. The van der Waals surface area contributed by atoms with E-state index in [9.17, 15) is 13.6 Å². The number of benzene rings is 3. The summed E-state index contributed by atoms with van der Waals surface area (Å²) in [7, 11) is 0. The van der Waals surface area contributed by atoms with E-state index in [2.05, 4.69) is 0 Å². The highest BCUT2D eigenvalue weighted by molar-refractivity contribution is 6.41. The molecule has 24 heavy (non-hydrogen) atoms. The summed E-state index contributed by atoms with van der Waals surface area (Å²) >= 11 is 0. The lowest BCUT2D eigenvalue weighted by molar-refractivity contribution is 0.105. The molecule has 1 aliphatic rings. The Kier molecular flexibility index (Phi) is 3.35. The van der Waals surface area contributed by atoms with E-state index in [-0.39, 0.29) is 17.4 Å². The van der Waals surface area contributed by atoms with Crippen molar-refractivity contribution in [3.05, 3.63) is 107 Å². The molecule has 0 N–H and O–H groups in total. The highest BCUT2D eigenvalue weighted by atomic mass is 19.1. The predicted molar refractivity (Wildman–Crippen MR) is 89.5 cm³/mol. The van der Waals surface area contributed by atoms with Crippen LogP contribution in [0.3, 0.4) is 0 Å². The molecule has 0 aliphatic heterocycles. The van der Waals surface area contributed by atoms with Crippen LogP contribution in [0.25, 0.3) is 11.1 Å². The molecule has 116 valence electrons. The summed E-state index contributed by atoms with van der Waals surface area (Å²) in [5.41, 5.74) is 4.10. The molecule has 0 bridgehead atoms. The van der Waals surface area contributed by atoms with E-state index >= 15 is 0 Å². The molecule has 0 unspecified atom stereocenters. The molecule has 0 fully saturated rings. The Morgan fingerprint density at radius 3 is 1.54 bits per heavy atom. The molecule has 3 aromatic rings. The van der Waals surface area contributed by atoms with Crippen LogP contribution in [0.1, 0.15) is 27.0 Å². The monoisotopic (exact) mass is 318 g/mol. The topological polar surface area (TPSA) is 17.1 Å². The standard InChI is InChI=1S/C21H12F2O/c22-15-9-5-13(6-10-15)19-17-3-1-2-4-18(17)21(24)20(19)14-7-11-16(23)12-8-14/h1-12H. The first-order chi connectivity index (χ1) is 11.6. The third kappa shape index (κ3) is 2.26. The quantitative estimate of drug-likeness (QED) is 0.641. The summed E-state index contributed by atoms with van der Waals surface area (Å²) in [6.07, 6.45) is 0. The number of allylic oxidation sites excluding steroid dienone is 1. The van der Waals surface area contributed by atoms with Gasteiger partial charge in [-0.1, -0.05) is 48.5 Å². The van der Waals surface area contributed by atoms with Crippen LogP contribution in [-0.4, -0.2) is 5.78 Å². The highest BCUT2D eigenvalue weighted by Gasteiger charge is 2.30. The third-order valence-electron chi connectivity index (χ3n) is 4.18. The third-order valence-corrected chi connectivity index (χ3v) is 4.18. The second-order valence-corrected chi connectivity index (χ2v) is 5.64. The molecule has 0 saturated heterocycles. The zero-order valence-corrected chi connectivity index (χ0v) is 12.6. The van der Waals surface area contributed by atoms with E-state index in [0.717, 1.165) is 16.7 Å². The van der Waals surface area contributed by atoms with Gasteiger partial charge in [0.05, 0.1) is 0 Å². The number of rotatable bonds is 2. The van der Waals surface area contributed by atoms with E-state index < -0.39 is 0 Å². The van der Waals surface area contributed by atoms with Crippen molar-refractivity contribution in [1.82, 2.24) is 0 Å². The fraction of sp³-hybridized carbons (Fsp3) is 0. The minimum absolute atomic E-state index is 0.100. The number of ketones is 1. The fourth-order valence-electron chi connectivity index (χ4n) is 3.09. The van der Waals surface area contributed by atoms with Gasteiger partial charge < -0.3 is 0 Å². The van der Waals surface area contributed by atoms with Crippen LogP contribution in [0.15, 0.2) is 72.8 Å². The molecule has 1 aliphatic carbocycles. The van der Waals surface area contributed by atoms with Crippen molar-refractivity contribution in [2.45, 2.75) is 0 Å². The molecule has 3 aromatic carbocycles. The van der Waals surface area contributed by atoms with Crippen molar-refractivity contribution in [2.75, 3.05) is 0 Å². The molecule has 1 nitrogen and oxygen atoms in total. The number of carbonyl (C=O) groups excluding carboxylic acids is 1. The van der Waals surface area contributed by atoms with Crippen molar-refractivity contribution in [2.24, 2.45) is 0 Å². The second kappa shape index (κ2) is 5.53. The fourth-order valence-corrected chi connectivity index (χ4v) is 3.09. The van der Waals surface area contributed by atoms with Crippen molar-refractivity contribution >= 4 is 16.9 Å². The van der Waals surface area contributed by atoms with Gasteiger partial charge in [-0.25, -0.2) is 8.78 Å². The van der Waals surface area contributed by atoms with Crippen molar-refractivity contribution in [3.63, 3.8) is 0 Å². The minimum atomic E-state index is -0.356. The maximum absolute atomic E-state index is 13.3. The van der Waals surface area contributed by atoms with Crippen LogP contribution in [0.4, 0.5) is 8.78 Å². The van der Waals surface area contributed by atoms with E-state index in [1.165, 1.54) is 24.3 Å². The summed E-state index contributed by atoms with van der Waals surface area (Å²) in [6.45, 7) is 0. The number of fused-ring (bicyclic) bond motifs is 1. The molecular formula is C21H12F2O. The first kappa shape index (κ1) is 14.5. The van der Waals surface area contributed by atoms with E-state index in [1.54, 1.807) is 30.3 Å². The molecule has 0 radical (unpaired) electrons. The lowest BCUT2D eigenvalue weighted by Crippen LogP contribution is -1.98. The van der Waals surface area contributed by atoms with E-state index in [4.69, 9.17) is 0 Å². The molecule has 3 heteroatoms. The molecule has 0 spiro atoms. The van der Waals surface area contributed by atoms with Crippen LogP contribution in [0, 0.1) is 11.6 Å². The summed E-state index contributed by atoms with van der Waals surface area (Å²) in [5, 5.41) is 0. The highest BCUT2D eigenvalue weighted by Crippen LogP contribution is 2.42. The SMILES string of the molecule is O=C1C(c2ccc(F)cc2)=C(c2ccc(F)cc2)c2ccccc21. The lowest BCUT2D eigenvalue weighted by Gasteiger charge is -2.09. The summed E-state index contributed by atoms with van der Waals surface area (Å²) < 4.78 is 26.5. The van der Waals surface area contributed by atoms with E-state index in [1.807, 2.05) is 18.2 Å². The predicted octanol–water partition coefficient (Wildman–Crippen LogP) is 5.12. The van der Waals surface area contributed by atoms with Gasteiger partial charge >= 0.3 is 0 Å². The van der Waals surface area contributed by atoms with Gasteiger partial charge in [0.25, 0.3) is 0 Å². The molecule has 0 atom stereocenters. The Bertz CT molecular complexity index is 967. The molecular weight excluding hydrogens is 306 g/mol. The smallest absolute Gasteiger partial charge is 0.194 e. The largest absolute Gasteiger partial charge is 0.289 e. The normalized spacial score (nSPS) is 13.3. The van der Waals surface area contributed by atoms with Gasteiger partial charge in [-0.2, -0.15) is 0 Å². The zero-order valence-electron chi connectivity index (χ0n) is 12.6. The van der Waals surface area contributed by atoms with Gasteiger partial charge in [-0.15, -0.1) is 0 Å². The van der Waals surface area contributed by atoms with Gasteiger partial charge in [-0.3, -0.25) is 4.79 Å². The van der Waals surface area contributed by atoms with Crippen LogP contribution in [0.2, 0.25) is 0 Å². The molecule has 0 aromatic heterocycles. The van der Waals surface area contributed by atoms with Gasteiger partial charge in [0.15, 0.2) is 5.78 Å². The average molecular weight is 318 g/mol. The summed E-state index contributed by atoms with van der Waals surface area (Å²) in [6, 6.07) is 19.2. The molecule has 0 heterocycles. The number of carbonyl (C=O) groups is 1. The zero-order chi connectivity index (χ0) is 16.7. The van der Waals surface area contributed by atoms with Crippen LogP contribution >= 0.6 is 0 Å². The maximum atomic E-state index is 13.3. The number of hydrogen-bond acceptors (Lipinski definition) is 1. The van der Waals surface area contributed by atoms with Crippen LogP contribution in [-0.2, 0) is 0 Å². The number of halogens is 2. The number of Topliss-reactive ketones (excluding diaryl/α,β-unsaturated/α-hetero) is 1.